The number of carbonyl (C=O) groups excluding carboxylic acids is 1. The normalized spacial score (nSPS) is 17.0. The van der Waals surface area contributed by atoms with E-state index in [9.17, 15) is 13.6 Å². The van der Waals surface area contributed by atoms with Crippen molar-refractivity contribution in [3.05, 3.63) is 48.1 Å². The first-order valence-corrected chi connectivity index (χ1v) is 7.09. The Balaban J connectivity index is 1.70. The summed E-state index contributed by atoms with van der Waals surface area (Å²) in [6.45, 7) is 2.18. The molecule has 3 rings (SSSR count). The van der Waals surface area contributed by atoms with Crippen LogP contribution < -0.4 is 5.32 Å². The number of halogens is 2. The van der Waals surface area contributed by atoms with Crippen LogP contribution in [0.1, 0.15) is 25.3 Å². The molecule has 1 aliphatic rings. The van der Waals surface area contributed by atoms with Crippen molar-refractivity contribution in [2.45, 2.75) is 31.8 Å². The Kier molecular flexibility index (Phi) is 3.64. The molecule has 0 spiro atoms. The van der Waals surface area contributed by atoms with E-state index in [-0.39, 0.29) is 11.8 Å². The fourth-order valence-electron chi connectivity index (χ4n) is 2.49. The van der Waals surface area contributed by atoms with Crippen molar-refractivity contribution in [2.75, 3.05) is 0 Å². The van der Waals surface area contributed by atoms with E-state index >= 15 is 0 Å². The Hall–Kier alpha value is -2.31. The second-order valence-corrected chi connectivity index (χ2v) is 5.75. The second-order valence-electron chi connectivity index (χ2n) is 5.75. The molecular formula is C15H16F2N4O. The maximum Gasteiger partial charge on any atom is 0.225 e. The molecule has 7 heteroatoms. The standard InChI is InChI=1S/C15H16F2N4O/c1-10(7-21-9-18-8-19-21)14(22)20-15(2-3-15)11-4-12(16)6-13(17)5-11/h4-6,8-10H,2-3,7H2,1H3,(H,20,22)/t10-/m0/s1. The van der Waals surface area contributed by atoms with Gasteiger partial charge < -0.3 is 5.32 Å². The summed E-state index contributed by atoms with van der Waals surface area (Å²) in [5, 5.41) is 6.87. The highest BCUT2D eigenvalue weighted by molar-refractivity contribution is 5.79. The van der Waals surface area contributed by atoms with Crippen LogP contribution >= 0.6 is 0 Å². The number of benzene rings is 1. The Labute approximate surface area is 126 Å². The highest BCUT2D eigenvalue weighted by Crippen LogP contribution is 2.46. The Morgan fingerprint density at radius 1 is 1.36 bits per heavy atom. The van der Waals surface area contributed by atoms with Crippen molar-refractivity contribution in [3.8, 4) is 0 Å². The summed E-state index contributed by atoms with van der Waals surface area (Å²) in [7, 11) is 0. The monoisotopic (exact) mass is 306 g/mol. The zero-order valence-corrected chi connectivity index (χ0v) is 12.1. The van der Waals surface area contributed by atoms with Gasteiger partial charge in [-0.2, -0.15) is 5.10 Å². The minimum absolute atomic E-state index is 0.169. The van der Waals surface area contributed by atoms with Crippen molar-refractivity contribution >= 4 is 5.91 Å². The predicted octanol–water partition coefficient (Wildman–Crippen LogP) is 2.00. The summed E-state index contributed by atoms with van der Waals surface area (Å²) in [6.07, 6.45) is 4.30. The Bertz CT molecular complexity index is 663. The minimum Gasteiger partial charge on any atom is -0.346 e. The number of carbonyl (C=O) groups is 1. The highest BCUT2D eigenvalue weighted by Gasteiger charge is 2.46. The Morgan fingerprint density at radius 2 is 2.05 bits per heavy atom. The van der Waals surface area contributed by atoms with Gasteiger partial charge in [-0.1, -0.05) is 6.92 Å². The third-order valence-electron chi connectivity index (χ3n) is 3.90. The zero-order chi connectivity index (χ0) is 15.7. The molecule has 1 heterocycles. The fraction of sp³-hybridized carbons (Fsp3) is 0.400. The molecule has 1 aliphatic carbocycles. The number of amides is 1. The zero-order valence-electron chi connectivity index (χ0n) is 12.1. The van der Waals surface area contributed by atoms with Gasteiger partial charge in [-0.25, -0.2) is 13.8 Å². The highest BCUT2D eigenvalue weighted by atomic mass is 19.1. The molecule has 5 nitrogen and oxygen atoms in total. The van der Waals surface area contributed by atoms with Crippen molar-refractivity contribution in [1.82, 2.24) is 20.1 Å². The smallest absolute Gasteiger partial charge is 0.225 e. The molecule has 2 aromatic rings. The van der Waals surface area contributed by atoms with Gasteiger partial charge in [-0.3, -0.25) is 9.48 Å². The van der Waals surface area contributed by atoms with Crippen molar-refractivity contribution < 1.29 is 13.6 Å². The van der Waals surface area contributed by atoms with Crippen LogP contribution in [0.2, 0.25) is 0 Å². The van der Waals surface area contributed by atoms with E-state index in [4.69, 9.17) is 0 Å². The van der Waals surface area contributed by atoms with E-state index in [0.717, 1.165) is 6.07 Å². The van der Waals surface area contributed by atoms with Crippen LogP contribution in [0.15, 0.2) is 30.9 Å². The van der Waals surface area contributed by atoms with Gasteiger partial charge in [0.25, 0.3) is 0 Å². The number of hydrogen-bond acceptors (Lipinski definition) is 3. The molecule has 1 saturated carbocycles. The molecule has 1 aromatic heterocycles. The summed E-state index contributed by atoms with van der Waals surface area (Å²) in [5.74, 6) is -1.76. The van der Waals surface area contributed by atoms with Crippen LogP contribution in [-0.2, 0) is 16.9 Å². The molecule has 0 radical (unpaired) electrons. The lowest BCUT2D eigenvalue weighted by atomic mass is 10.0. The first-order chi connectivity index (χ1) is 10.5. The van der Waals surface area contributed by atoms with Gasteiger partial charge >= 0.3 is 0 Å². The number of hydrogen-bond donors (Lipinski definition) is 1. The SMILES string of the molecule is C[C@@H](Cn1cncn1)C(=O)NC1(c2cc(F)cc(F)c2)CC1. The lowest BCUT2D eigenvalue weighted by Gasteiger charge is -2.21. The lowest BCUT2D eigenvalue weighted by Crippen LogP contribution is -2.39. The summed E-state index contributed by atoms with van der Waals surface area (Å²) in [6, 6.07) is 3.38. The minimum atomic E-state index is -0.642. The molecular weight excluding hydrogens is 290 g/mol. The third-order valence-corrected chi connectivity index (χ3v) is 3.90. The van der Waals surface area contributed by atoms with E-state index < -0.39 is 17.2 Å². The summed E-state index contributed by atoms with van der Waals surface area (Å²) >= 11 is 0. The van der Waals surface area contributed by atoms with Gasteiger partial charge in [-0.05, 0) is 30.5 Å². The summed E-state index contributed by atoms with van der Waals surface area (Å²) in [4.78, 5) is 16.1. The van der Waals surface area contributed by atoms with E-state index in [1.54, 1.807) is 17.9 Å². The second kappa shape index (κ2) is 5.47. The van der Waals surface area contributed by atoms with Crippen molar-refractivity contribution in [3.63, 3.8) is 0 Å². The molecule has 22 heavy (non-hydrogen) atoms. The van der Waals surface area contributed by atoms with Crippen LogP contribution in [0.4, 0.5) is 8.78 Å². The molecule has 0 aliphatic heterocycles. The van der Waals surface area contributed by atoms with Gasteiger partial charge in [0.1, 0.15) is 24.3 Å². The van der Waals surface area contributed by atoms with Gasteiger partial charge in [0.15, 0.2) is 0 Å². The first kappa shape index (κ1) is 14.6. The molecule has 1 aromatic carbocycles. The fourth-order valence-corrected chi connectivity index (χ4v) is 2.49. The quantitative estimate of drug-likeness (QED) is 0.919. The van der Waals surface area contributed by atoms with Crippen LogP contribution in [0, 0.1) is 17.6 Å². The van der Waals surface area contributed by atoms with E-state index in [0.29, 0.717) is 24.9 Å². The van der Waals surface area contributed by atoms with E-state index in [1.807, 2.05) is 0 Å². The molecule has 1 N–H and O–H groups in total. The summed E-state index contributed by atoms with van der Waals surface area (Å²) in [5.41, 5.74) is -0.164. The molecule has 1 amide bonds. The van der Waals surface area contributed by atoms with Gasteiger partial charge in [0, 0.05) is 6.07 Å². The predicted molar refractivity (Wildman–Crippen MR) is 74.6 cm³/mol. The van der Waals surface area contributed by atoms with Crippen molar-refractivity contribution in [1.29, 1.82) is 0 Å². The third kappa shape index (κ3) is 2.98. The topological polar surface area (TPSA) is 59.8 Å². The van der Waals surface area contributed by atoms with Crippen LogP contribution in [0.25, 0.3) is 0 Å². The van der Waals surface area contributed by atoms with Crippen LogP contribution in [0.3, 0.4) is 0 Å². The van der Waals surface area contributed by atoms with Crippen molar-refractivity contribution in [2.24, 2.45) is 5.92 Å². The molecule has 1 fully saturated rings. The van der Waals surface area contributed by atoms with Gasteiger partial charge in [-0.15, -0.1) is 0 Å². The maximum atomic E-state index is 13.4. The molecule has 0 saturated heterocycles. The molecule has 0 bridgehead atoms. The number of nitrogens with one attached hydrogen (secondary N) is 1. The molecule has 1 atom stereocenters. The average molecular weight is 306 g/mol. The van der Waals surface area contributed by atoms with Gasteiger partial charge in [0.2, 0.25) is 5.91 Å². The molecule has 0 unspecified atom stereocenters. The first-order valence-electron chi connectivity index (χ1n) is 7.09. The average Bonchev–Trinajstić information content (AvgIpc) is 3.05. The molecule has 116 valence electrons. The lowest BCUT2D eigenvalue weighted by molar-refractivity contribution is -0.126. The summed E-state index contributed by atoms with van der Waals surface area (Å²) < 4.78 is 28.3. The van der Waals surface area contributed by atoms with E-state index in [1.165, 1.54) is 18.5 Å². The van der Waals surface area contributed by atoms with E-state index in [2.05, 4.69) is 15.4 Å². The number of rotatable bonds is 5. The maximum absolute atomic E-state index is 13.4. The number of nitrogens with zero attached hydrogens (tertiary/aromatic N) is 3. The van der Waals surface area contributed by atoms with Crippen LogP contribution in [0.5, 0.6) is 0 Å². The largest absolute Gasteiger partial charge is 0.346 e. The Morgan fingerprint density at radius 3 is 2.59 bits per heavy atom. The van der Waals surface area contributed by atoms with Gasteiger partial charge in [0.05, 0.1) is 18.0 Å². The van der Waals surface area contributed by atoms with Crippen LogP contribution in [-0.4, -0.2) is 20.7 Å². The number of aromatic nitrogens is 3.